The first-order valence-electron chi connectivity index (χ1n) is 10.3. The molecule has 0 spiro atoms. The van der Waals surface area contributed by atoms with Crippen molar-refractivity contribution in [2.24, 2.45) is 5.92 Å². The van der Waals surface area contributed by atoms with Gasteiger partial charge in [0.25, 0.3) is 0 Å². The van der Waals surface area contributed by atoms with Crippen molar-refractivity contribution in [1.29, 1.82) is 0 Å². The molecule has 2 aromatic rings. The summed E-state index contributed by atoms with van der Waals surface area (Å²) in [5, 5.41) is 3.10. The van der Waals surface area contributed by atoms with Gasteiger partial charge in [0.15, 0.2) is 0 Å². The molecule has 0 aromatic heterocycles. The number of carbonyl (C=O) groups excluding carboxylic acids is 1. The second kappa shape index (κ2) is 7.06. The molecule has 5 nitrogen and oxygen atoms in total. The zero-order valence-electron chi connectivity index (χ0n) is 17.9. The van der Waals surface area contributed by atoms with Crippen molar-refractivity contribution in [3.8, 4) is 11.5 Å². The van der Waals surface area contributed by atoms with E-state index in [0.717, 1.165) is 17.1 Å². The first-order chi connectivity index (χ1) is 13.6. The Hall–Kier alpha value is -2.53. The van der Waals surface area contributed by atoms with Crippen LogP contribution in [0.2, 0.25) is 0 Å². The van der Waals surface area contributed by atoms with E-state index in [1.807, 2.05) is 24.3 Å². The number of esters is 1. The molecule has 1 N–H and O–H groups in total. The van der Waals surface area contributed by atoms with Crippen LogP contribution >= 0.6 is 0 Å². The number of ether oxygens (including phenoxy) is 2. The van der Waals surface area contributed by atoms with Crippen LogP contribution in [0.25, 0.3) is 0 Å². The van der Waals surface area contributed by atoms with Gasteiger partial charge in [-0.3, -0.25) is 4.79 Å². The molecule has 2 aliphatic heterocycles. The Labute approximate surface area is 173 Å². The number of fused-ring (bicyclic) bond motifs is 1. The largest absolute Gasteiger partial charge is 0.484 e. The summed E-state index contributed by atoms with van der Waals surface area (Å²) in [6.07, 6.45) is 0. The third-order valence-corrected chi connectivity index (χ3v) is 5.50. The van der Waals surface area contributed by atoms with Gasteiger partial charge in [0.2, 0.25) is 0 Å². The Morgan fingerprint density at radius 2 is 1.93 bits per heavy atom. The Bertz CT molecular complexity index is 926. The maximum atomic E-state index is 12.2. The van der Waals surface area contributed by atoms with Crippen LogP contribution < -0.4 is 19.7 Å². The maximum Gasteiger partial charge on any atom is 0.316 e. The van der Waals surface area contributed by atoms with E-state index in [4.69, 9.17) is 9.47 Å². The Morgan fingerprint density at radius 1 is 1.17 bits per heavy atom. The molecular formula is C24H30N2O3. The lowest BCUT2D eigenvalue weighted by Gasteiger charge is -2.41. The summed E-state index contributed by atoms with van der Waals surface area (Å²) < 4.78 is 11.9. The van der Waals surface area contributed by atoms with Gasteiger partial charge in [0, 0.05) is 24.8 Å². The minimum atomic E-state index is -0.339. The highest BCUT2D eigenvalue weighted by Crippen LogP contribution is 2.43. The molecule has 0 saturated carbocycles. The zero-order valence-corrected chi connectivity index (χ0v) is 17.9. The molecule has 0 unspecified atom stereocenters. The summed E-state index contributed by atoms with van der Waals surface area (Å²) in [5.41, 5.74) is 2.97. The lowest BCUT2D eigenvalue weighted by molar-refractivity contribution is -0.140. The van der Waals surface area contributed by atoms with Crippen LogP contribution in [-0.2, 0) is 10.2 Å². The predicted molar refractivity (Wildman–Crippen MR) is 115 cm³/mol. The van der Waals surface area contributed by atoms with Gasteiger partial charge in [-0.1, -0.05) is 32.9 Å². The van der Waals surface area contributed by atoms with E-state index in [2.05, 4.69) is 63.0 Å². The van der Waals surface area contributed by atoms with Crippen molar-refractivity contribution in [2.75, 3.05) is 24.5 Å². The maximum absolute atomic E-state index is 12.2. The second-order valence-corrected chi connectivity index (χ2v) is 9.65. The molecule has 2 heterocycles. The highest BCUT2D eigenvalue weighted by molar-refractivity contribution is 5.78. The Kier molecular flexibility index (Phi) is 4.82. The number of nitrogens with one attached hydrogen (secondary N) is 1. The molecule has 1 fully saturated rings. The van der Waals surface area contributed by atoms with Gasteiger partial charge >= 0.3 is 5.97 Å². The van der Waals surface area contributed by atoms with Gasteiger partial charge in [-0.05, 0) is 49.1 Å². The molecule has 5 heteroatoms. The molecule has 29 heavy (non-hydrogen) atoms. The molecule has 0 bridgehead atoms. The number of hydrogen-bond donors (Lipinski definition) is 1. The summed E-state index contributed by atoms with van der Waals surface area (Å²) in [6.45, 7) is 12.9. The molecule has 154 valence electrons. The highest BCUT2D eigenvalue weighted by atomic mass is 16.5. The fourth-order valence-electron chi connectivity index (χ4n) is 3.68. The van der Waals surface area contributed by atoms with Gasteiger partial charge < -0.3 is 19.7 Å². The van der Waals surface area contributed by atoms with Crippen LogP contribution in [-0.4, -0.2) is 31.2 Å². The van der Waals surface area contributed by atoms with E-state index in [0.29, 0.717) is 25.4 Å². The third kappa shape index (κ3) is 4.10. The summed E-state index contributed by atoms with van der Waals surface area (Å²) in [5.74, 6) is 1.25. The SMILES string of the molecule is CC1(C)CN(c2cccc(OC(=O)C3CNC3)c2)c2ccc(C(C)(C)C)cc2O1. The van der Waals surface area contributed by atoms with Crippen molar-refractivity contribution in [1.82, 2.24) is 5.32 Å². The van der Waals surface area contributed by atoms with Crippen LogP contribution in [0.4, 0.5) is 11.4 Å². The van der Waals surface area contributed by atoms with Crippen molar-refractivity contribution in [2.45, 2.75) is 45.6 Å². The Balaban J connectivity index is 1.66. The molecule has 1 saturated heterocycles. The number of carbonyl (C=O) groups is 1. The van der Waals surface area contributed by atoms with Crippen molar-refractivity contribution in [3.63, 3.8) is 0 Å². The Morgan fingerprint density at radius 3 is 2.59 bits per heavy atom. The lowest BCUT2D eigenvalue weighted by Crippen LogP contribution is -2.48. The first kappa shape index (κ1) is 19.8. The topological polar surface area (TPSA) is 50.8 Å². The fourth-order valence-corrected chi connectivity index (χ4v) is 3.68. The number of nitrogens with zero attached hydrogens (tertiary/aromatic N) is 1. The quantitative estimate of drug-likeness (QED) is 0.617. The van der Waals surface area contributed by atoms with E-state index < -0.39 is 0 Å². The summed E-state index contributed by atoms with van der Waals surface area (Å²) >= 11 is 0. The third-order valence-electron chi connectivity index (χ3n) is 5.50. The molecule has 2 aromatic carbocycles. The van der Waals surface area contributed by atoms with E-state index >= 15 is 0 Å². The highest BCUT2D eigenvalue weighted by Gasteiger charge is 2.34. The standard InChI is InChI=1S/C24H30N2O3/c1-23(2,3)17-9-10-20-21(11-17)29-24(4,5)15-26(20)18-7-6-8-19(12-18)28-22(27)16-13-25-14-16/h6-12,16,25H,13-15H2,1-5H3. The first-order valence-corrected chi connectivity index (χ1v) is 10.3. The van der Waals surface area contributed by atoms with Crippen LogP contribution in [0.15, 0.2) is 42.5 Å². The summed E-state index contributed by atoms with van der Waals surface area (Å²) in [7, 11) is 0. The monoisotopic (exact) mass is 394 g/mol. The molecule has 2 aliphatic rings. The minimum absolute atomic E-state index is 0.0440. The van der Waals surface area contributed by atoms with Gasteiger partial charge in [0.1, 0.15) is 17.1 Å². The lowest BCUT2D eigenvalue weighted by atomic mass is 9.86. The second-order valence-electron chi connectivity index (χ2n) is 9.65. The van der Waals surface area contributed by atoms with Gasteiger partial charge in [-0.15, -0.1) is 0 Å². The van der Waals surface area contributed by atoms with Gasteiger partial charge in [-0.25, -0.2) is 0 Å². The summed E-state index contributed by atoms with van der Waals surface area (Å²) in [6, 6.07) is 14.2. The van der Waals surface area contributed by atoms with Gasteiger partial charge in [-0.2, -0.15) is 0 Å². The zero-order chi connectivity index (χ0) is 20.8. The smallest absolute Gasteiger partial charge is 0.316 e. The number of anilines is 2. The number of rotatable bonds is 3. The van der Waals surface area contributed by atoms with Gasteiger partial charge in [0.05, 0.1) is 18.2 Å². The fraction of sp³-hybridized carbons (Fsp3) is 0.458. The van der Waals surface area contributed by atoms with E-state index in [1.165, 1.54) is 5.56 Å². The van der Waals surface area contributed by atoms with Crippen LogP contribution in [0.1, 0.15) is 40.2 Å². The van der Waals surface area contributed by atoms with E-state index in [1.54, 1.807) is 0 Å². The van der Waals surface area contributed by atoms with E-state index in [9.17, 15) is 4.79 Å². The predicted octanol–water partition coefficient (Wildman–Crippen LogP) is 4.42. The average Bonchev–Trinajstić information content (AvgIpc) is 2.57. The number of benzene rings is 2. The summed E-state index contributed by atoms with van der Waals surface area (Å²) in [4.78, 5) is 14.5. The van der Waals surface area contributed by atoms with Crippen molar-refractivity contribution < 1.29 is 14.3 Å². The van der Waals surface area contributed by atoms with E-state index in [-0.39, 0.29) is 22.9 Å². The molecule has 0 atom stereocenters. The molecule has 4 rings (SSSR count). The molecule has 0 amide bonds. The average molecular weight is 395 g/mol. The normalized spacial score (nSPS) is 18.4. The minimum Gasteiger partial charge on any atom is -0.484 e. The van der Waals surface area contributed by atoms with Crippen LogP contribution in [0, 0.1) is 5.92 Å². The van der Waals surface area contributed by atoms with Crippen molar-refractivity contribution in [3.05, 3.63) is 48.0 Å². The van der Waals surface area contributed by atoms with Crippen LogP contribution in [0.3, 0.4) is 0 Å². The molecule has 0 radical (unpaired) electrons. The van der Waals surface area contributed by atoms with Crippen LogP contribution in [0.5, 0.6) is 11.5 Å². The van der Waals surface area contributed by atoms with Crippen molar-refractivity contribution >= 4 is 17.3 Å². The molecule has 0 aliphatic carbocycles. The number of hydrogen-bond acceptors (Lipinski definition) is 5. The molecular weight excluding hydrogens is 364 g/mol.